The van der Waals surface area contributed by atoms with E-state index in [0.29, 0.717) is 13.2 Å². The van der Waals surface area contributed by atoms with Crippen LogP contribution in [0, 0.1) is 0 Å². The number of likely N-dealkylation sites (tertiary alicyclic amines) is 1. The summed E-state index contributed by atoms with van der Waals surface area (Å²) < 4.78 is 11.2. The first kappa shape index (κ1) is 18.5. The number of fused-ring (bicyclic) bond motifs is 1. The van der Waals surface area contributed by atoms with Crippen molar-refractivity contribution in [2.45, 2.75) is 38.8 Å². The number of hydrogen-bond donors (Lipinski definition) is 2. The molecule has 2 amide bonds. The first-order chi connectivity index (χ1) is 12.5. The van der Waals surface area contributed by atoms with Crippen molar-refractivity contribution in [1.82, 2.24) is 15.5 Å². The minimum atomic E-state index is -0.168. The standard InChI is InChI=1S/C19H27N3O4/c1-13(2)21-18(23)11-20-19(24)12-22-7-3-4-15(22)14-5-6-16-17(10-14)26-9-8-25-16/h5-6,10,13,15H,3-4,7-9,11-12H2,1-2H3,(H,20,24)(H,21,23)/t15-/m1/s1. The lowest BCUT2D eigenvalue weighted by Gasteiger charge is -2.26. The molecule has 0 radical (unpaired) electrons. The van der Waals surface area contributed by atoms with Crippen LogP contribution in [0.3, 0.4) is 0 Å². The van der Waals surface area contributed by atoms with E-state index in [2.05, 4.69) is 15.5 Å². The summed E-state index contributed by atoms with van der Waals surface area (Å²) in [4.78, 5) is 26.0. The Hall–Kier alpha value is -2.28. The van der Waals surface area contributed by atoms with Gasteiger partial charge in [0.1, 0.15) is 13.2 Å². The predicted octanol–water partition coefficient (Wildman–Crippen LogP) is 1.24. The molecule has 0 saturated carbocycles. The maximum Gasteiger partial charge on any atom is 0.239 e. The monoisotopic (exact) mass is 361 g/mol. The van der Waals surface area contributed by atoms with Crippen LogP contribution in [0.4, 0.5) is 0 Å². The van der Waals surface area contributed by atoms with Crippen LogP contribution in [-0.2, 0) is 9.59 Å². The molecule has 2 N–H and O–H groups in total. The van der Waals surface area contributed by atoms with Crippen LogP contribution in [0.1, 0.15) is 38.3 Å². The Morgan fingerprint density at radius 1 is 1.19 bits per heavy atom. The molecule has 0 bridgehead atoms. The third-order valence-corrected chi connectivity index (χ3v) is 4.56. The summed E-state index contributed by atoms with van der Waals surface area (Å²) >= 11 is 0. The minimum absolute atomic E-state index is 0.0134. The van der Waals surface area contributed by atoms with Gasteiger partial charge in [-0.15, -0.1) is 0 Å². The van der Waals surface area contributed by atoms with Crippen molar-refractivity contribution in [3.05, 3.63) is 23.8 Å². The van der Waals surface area contributed by atoms with Crippen LogP contribution in [0.15, 0.2) is 18.2 Å². The maximum atomic E-state index is 12.2. The van der Waals surface area contributed by atoms with Crippen molar-refractivity contribution in [2.24, 2.45) is 0 Å². The Bertz CT molecular complexity index is 662. The largest absolute Gasteiger partial charge is 0.486 e. The number of amides is 2. The van der Waals surface area contributed by atoms with Crippen molar-refractivity contribution < 1.29 is 19.1 Å². The molecule has 1 fully saturated rings. The molecule has 3 rings (SSSR count). The molecule has 1 saturated heterocycles. The topological polar surface area (TPSA) is 79.9 Å². The molecule has 1 atom stereocenters. The lowest BCUT2D eigenvalue weighted by Crippen LogP contribution is -2.43. The summed E-state index contributed by atoms with van der Waals surface area (Å²) in [6, 6.07) is 6.26. The molecule has 2 aliphatic heterocycles. The number of carbonyl (C=O) groups excluding carboxylic acids is 2. The van der Waals surface area contributed by atoms with Gasteiger partial charge in [0.2, 0.25) is 11.8 Å². The fourth-order valence-corrected chi connectivity index (χ4v) is 3.45. The van der Waals surface area contributed by atoms with E-state index in [-0.39, 0.29) is 37.0 Å². The molecule has 1 aromatic carbocycles. The number of hydrogen-bond acceptors (Lipinski definition) is 5. The SMILES string of the molecule is CC(C)NC(=O)CNC(=O)CN1CCC[C@@H]1c1ccc2c(c1)OCCO2. The molecule has 0 unspecified atom stereocenters. The Morgan fingerprint density at radius 2 is 1.96 bits per heavy atom. The molecule has 142 valence electrons. The van der Waals surface area contributed by atoms with Gasteiger partial charge in [-0.3, -0.25) is 14.5 Å². The average Bonchev–Trinajstić information content (AvgIpc) is 3.07. The quantitative estimate of drug-likeness (QED) is 0.797. The van der Waals surface area contributed by atoms with E-state index in [4.69, 9.17) is 9.47 Å². The number of ether oxygens (including phenoxy) is 2. The highest BCUT2D eigenvalue weighted by Crippen LogP contribution is 2.37. The summed E-state index contributed by atoms with van der Waals surface area (Å²) in [5.74, 6) is 1.25. The van der Waals surface area contributed by atoms with Gasteiger partial charge in [0, 0.05) is 12.1 Å². The number of carbonyl (C=O) groups is 2. The summed E-state index contributed by atoms with van der Waals surface area (Å²) in [7, 11) is 0. The second-order valence-electron chi connectivity index (χ2n) is 7.03. The highest BCUT2D eigenvalue weighted by atomic mass is 16.6. The molecule has 7 nitrogen and oxygen atoms in total. The fourth-order valence-electron chi connectivity index (χ4n) is 3.45. The van der Waals surface area contributed by atoms with Gasteiger partial charge >= 0.3 is 0 Å². The van der Waals surface area contributed by atoms with Crippen molar-refractivity contribution in [2.75, 3.05) is 32.8 Å². The molecular weight excluding hydrogens is 334 g/mol. The molecule has 2 aliphatic rings. The van der Waals surface area contributed by atoms with E-state index in [9.17, 15) is 9.59 Å². The van der Waals surface area contributed by atoms with Gasteiger partial charge in [0.25, 0.3) is 0 Å². The van der Waals surface area contributed by atoms with Crippen molar-refractivity contribution >= 4 is 11.8 Å². The average molecular weight is 361 g/mol. The lowest BCUT2D eigenvalue weighted by molar-refractivity contribution is -0.127. The third kappa shape index (κ3) is 4.66. The second-order valence-corrected chi connectivity index (χ2v) is 7.03. The Labute approximate surface area is 154 Å². The van der Waals surface area contributed by atoms with E-state index in [1.54, 1.807) is 0 Å². The fraction of sp³-hybridized carbons (Fsp3) is 0.579. The second kappa shape index (κ2) is 8.40. The normalized spacial score (nSPS) is 19.4. The van der Waals surface area contributed by atoms with Crippen LogP contribution in [-0.4, -0.2) is 55.6 Å². The molecule has 0 aromatic heterocycles. The maximum absolute atomic E-state index is 12.2. The van der Waals surface area contributed by atoms with Crippen molar-refractivity contribution in [3.63, 3.8) is 0 Å². The molecule has 0 aliphatic carbocycles. The Balaban J connectivity index is 1.56. The van der Waals surface area contributed by atoms with Crippen LogP contribution >= 0.6 is 0 Å². The van der Waals surface area contributed by atoms with Gasteiger partial charge in [-0.1, -0.05) is 6.07 Å². The predicted molar refractivity (Wildman–Crippen MR) is 97.3 cm³/mol. The number of benzene rings is 1. The van der Waals surface area contributed by atoms with E-state index < -0.39 is 0 Å². The lowest BCUT2D eigenvalue weighted by atomic mass is 10.0. The first-order valence-corrected chi connectivity index (χ1v) is 9.22. The van der Waals surface area contributed by atoms with Gasteiger partial charge in [-0.25, -0.2) is 0 Å². The highest BCUT2D eigenvalue weighted by molar-refractivity contribution is 5.85. The van der Waals surface area contributed by atoms with Crippen molar-refractivity contribution in [1.29, 1.82) is 0 Å². The minimum Gasteiger partial charge on any atom is -0.486 e. The summed E-state index contributed by atoms with van der Waals surface area (Å²) in [5.41, 5.74) is 1.14. The van der Waals surface area contributed by atoms with E-state index in [0.717, 1.165) is 36.4 Å². The van der Waals surface area contributed by atoms with Crippen LogP contribution in [0.25, 0.3) is 0 Å². The number of rotatable bonds is 6. The zero-order chi connectivity index (χ0) is 18.5. The van der Waals surface area contributed by atoms with E-state index in [1.165, 1.54) is 0 Å². The third-order valence-electron chi connectivity index (χ3n) is 4.56. The molecule has 1 aromatic rings. The zero-order valence-electron chi connectivity index (χ0n) is 15.4. The van der Waals surface area contributed by atoms with Crippen LogP contribution in [0.2, 0.25) is 0 Å². The number of nitrogens with one attached hydrogen (secondary N) is 2. The zero-order valence-corrected chi connectivity index (χ0v) is 15.4. The van der Waals surface area contributed by atoms with Gasteiger partial charge in [-0.2, -0.15) is 0 Å². The smallest absolute Gasteiger partial charge is 0.239 e. The summed E-state index contributed by atoms with van der Waals surface area (Å²) in [5, 5.41) is 5.46. The van der Waals surface area contributed by atoms with Gasteiger partial charge < -0.3 is 20.1 Å². The van der Waals surface area contributed by atoms with Gasteiger partial charge in [0.15, 0.2) is 11.5 Å². The first-order valence-electron chi connectivity index (χ1n) is 9.22. The molecular formula is C19H27N3O4. The molecule has 2 heterocycles. The molecule has 26 heavy (non-hydrogen) atoms. The van der Waals surface area contributed by atoms with Gasteiger partial charge in [-0.05, 0) is 50.9 Å². The van der Waals surface area contributed by atoms with E-state index >= 15 is 0 Å². The molecule has 7 heteroatoms. The highest BCUT2D eigenvalue weighted by Gasteiger charge is 2.28. The molecule has 0 spiro atoms. The van der Waals surface area contributed by atoms with Crippen LogP contribution < -0.4 is 20.1 Å². The van der Waals surface area contributed by atoms with Crippen molar-refractivity contribution in [3.8, 4) is 11.5 Å². The summed E-state index contributed by atoms with van der Waals surface area (Å²) in [6.45, 7) is 6.08. The van der Waals surface area contributed by atoms with E-state index in [1.807, 2.05) is 32.0 Å². The van der Waals surface area contributed by atoms with Gasteiger partial charge in [0.05, 0.1) is 13.1 Å². The summed E-state index contributed by atoms with van der Waals surface area (Å²) in [6.07, 6.45) is 2.04. The number of nitrogens with zero attached hydrogens (tertiary/aromatic N) is 1. The Kier molecular flexibility index (Phi) is 5.98. The van der Waals surface area contributed by atoms with Crippen LogP contribution in [0.5, 0.6) is 11.5 Å². The Morgan fingerprint density at radius 3 is 2.73 bits per heavy atom.